The van der Waals surface area contributed by atoms with Crippen molar-refractivity contribution in [1.82, 2.24) is 19.7 Å². The summed E-state index contributed by atoms with van der Waals surface area (Å²) in [7, 11) is 1.57. The molecule has 0 N–H and O–H groups in total. The molecule has 8 nitrogen and oxygen atoms in total. The van der Waals surface area contributed by atoms with E-state index in [4.69, 9.17) is 14.7 Å². The summed E-state index contributed by atoms with van der Waals surface area (Å²) < 4.78 is 34.2. The van der Waals surface area contributed by atoms with E-state index in [2.05, 4.69) is 16.1 Å². The normalized spacial score (nSPS) is 17.2. The van der Waals surface area contributed by atoms with Crippen molar-refractivity contribution in [1.29, 1.82) is 5.26 Å². The number of aryl methyl sites for hydroxylation is 2. The maximum Gasteiger partial charge on any atom is 0.266 e. The first-order valence-electron chi connectivity index (χ1n) is 11.5. The van der Waals surface area contributed by atoms with Gasteiger partial charge in [0.15, 0.2) is 17.4 Å². The predicted octanol–water partition coefficient (Wildman–Crippen LogP) is 3.43. The Bertz CT molecular complexity index is 1390. The summed E-state index contributed by atoms with van der Waals surface area (Å²) in [5.74, 6) is -0.714. The number of hydrogen-bond acceptors (Lipinski definition) is 7. The largest absolute Gasteiger partial charge is 0.487 e. The highest BCUT2D eigenvalue weighted by atomic mass is 19.1. The second-order valence-corrected chi connectivity index (χ2v) is 9.08. The molecular formula is C25H24F2N6O2. The number of hydrogen-bond donors (Lipinski definition) is 0. The van der Waals surface area contributed by atoms with E-state index in [1.165, 1.54) is 22.9 Å². The Labute approximate surface area is 200 Å². The molecule has 0 amide bonds. The summed E-state index contributed by atoms with van der Waals surface area (Å²) in [6.45, 7) is 3.00. The maximum absolute atomic E-state index is 14.0. The molecule has 0 unspecified atom stereocenters. The lowest BCUT2D eigenvalue weighted by molar-refractivity contribution is 0.163. The first-order chi connectivity index (χ1) is 16.8. The van der Waals surface area contributed by atoms with E-state index >= 15 is 0 Å². The van der Waals surface area contributed by atoms with Crippen molar-refractivity contribution in [2.75, 3.05) is 18.0 Å². The average molecular weight is 479 g/mol. The van der Waals surface area contributed by atoms with Gasteiger partial charge >= 0.3 is 0 Å². The molecule has 0 bridgehead atoms. The Morgan fingerprint density at radius 1 is 1.14 bits per heavy atom. The lowest BCUT2D eigenvalue weighted by atomic mass is 10.0. The number of aromatic nitrogens is 4. The summed E-state index contributed by atoms with van der Waals surface area (Å²) in [6.07, 6.45) is 2.44. The molecule has 1 aliphatic heterocycles. The molecule has 0 spiro atoms. The van der Waals surface area contributed by atoms with Crippen LogP contribution in [0.1, 0.15) is 37.1 Å². The second-order valence-electron chi connectivity index (χ2n) is 9.08. The van der Waals surface area contributed by atoms with Gasteiger partial charge in [0.25, 0.3) is 5.56 Å². The minimum absolute atomic E-state index is 0.0335. The van der Waals surface area contributed by atoms with Gasteiger partial charge in [-0.3, -0.25) is 4.79 Å². The van der Waals surface area contributed by atoms with Crippen molar-refractivity contribution in [3.8, 4) is 23.2 Å². The van der Waals surface area contributed by atoms with Crippen molar-refractivity contribution in [3.63, 3.8) is 0 Å². The molecule has 3 heterocycles. The van der Waals surface area contributed by atoms with Gasteiger partial charge in [-0.2, -0.15) is 10.4 Å². The SMILES string of the molecule is Cc1nc(N2CCC(Oc3ccc(F)cc3F)CC2)c(-c2ccc(=O)n(C)n2)nc1C1(C#N)CC1. The Balaban J connectivity index is 1.44. The maximum atomic E-state index is 14.0. The van der Waals surface area contributed by atoms with Gasteiger partial charge in [-0.15, -0.1) is 0 Å². The van der Waals surface area contributed by atoms with Crippen molar-refractivity contribution in [2.24, 2.45) is 7.05 Å². The zero-order valence-corrected chi connectivity index (χ0v) is 19.5. The van der Waals surface area contributed by atoms with Crippen LogP contribution in [0.5, 0.6) is 5.75 Å². The van der Waals surface area contributed by atoms with E-state index < -0.39 is 17.0 Å². The number of nitrogens with zero attached hydrogens (tertiary/aromatic N) is 6. The predicted molar refractivity (Wildman–Crippen MR) is 124 cm³/mol. The molecule has 2 fully saturated rings. The van der Waals surface area contributed by atoms with Crippen LogP contribution in [-0.4, -0.2) is 38.9 Å². The molecule has 0 atom stereocenters. The van der Waals surface area contributed by atoms with Gasteiger partial charge in [-0.05, 0) is 38.0 Å². The van der Waals surface area contributed by atoms with Gasteiger partial charge in [0, 0.05) is 45.1 Å². The van der Waals surface area contributed by atoms with Crippen molar-refractivity contribution in [2.45, 2.75) is 44.1 Å². The molecule has 10 heteroatoms. The standard InChI is InChI=1S/C25H24F2N6O2/c1-15-23(25(14-28)9-10-25)30-22(19-4-6-21(34)32(2)31-19)24(29-15)33-11-7-17(8-12-33)35-20-5-3-16(26)13-18(20)27/h3-6,13,17H,7-12H2,1-2H3. The average Bonchev–Trinajstić information content (AvgIpc) is 3.64. The molecule has 1 saturated heterocycles. The van der Waals surface area contributed by atoms with Crippen molar-refractivity contribution >= 4 is 5.82 Å². The molecule has 5 rings (SSSR count). The third kappa shape index (κ3) is 4.34. The van der Waals surface area contributed by atoms with Crippen LogP contribution < -0.4 is 15.2 Å². The van der Waals surface area contributed by atoms with Crippen LogP contribution in [0.4, 0.5) is 14.6 Å². The van der Waals surface area contributed by atoms with E-state index in [-0.39, 0.29) is 17.4 Å². The molecule has 1 aromatic carbocycles. The molecule has 3 aromatic rings. The van der Waals surface area contributed by atoms with Crippen LogP contribution in [0.2, 0.25) is 0 Å². The number of benzene rings is 1. The van der Waals surface area contributed by atoms with E-state index in [1.807, 2.05) is 6.92 Å². The lowest BCUT2D eigenvalue weighted by Crippen LogP contribution is -2.39. The summed E-state index contributed by atoms with van der Waals surface area (Å²) >= 11 is 0. The molecule has 180 valence electrons. The van der Waals surface area contributed by atoms with E-state index in [0.717, 1.165) is 18.9 Å². The molecule has 1 saturated carbocycles. The van der Waals surface area contributed by atoms with E-state index in [9.17, 15) is 18.8 Å². The number of piperidine rings is 1. The summed E-state index contributed by atoms with van der Waals surface area (Å²) in [5.41, 5.74) is 1.50. The van der Waals surface area contributed by atoms with Gasteiger partial charge in [0.05, 0.1) is 17.5 Å². The molecular weight excluding hydrogens is 454 g/mol. The monoisotopic (exact) mass is 478 g/mol. The number of halogens is 2. The summed E-state index contributed by atoms with van der Waals surface area (Å²) in [5, 5.41) is 14.1. The van der Waals surface area contributed by atoms with Crippen LogP contribution in [0, 0.1) is 29.9 Å². The van der Waals surface area contributed by atoms with E-state index in [1.54, 1.807) is 13.1 Å². The van der Waals surface area contributed by atoms with Crippen LogP contribution in [0.25, 0.3) is 11.4 Å². The molecule has 35 heavy (non-hydrogen) atoms. The number of rotatable bonds is 5. The highest BCUT2D eigenvalue weighted by Crippen LogP contribution is 2.48. The topological polar surface area (TPSA) is 96.9 Å². The Kier molecular flexibility index (Phi) is 5.71. The van der Waals surface area contributed by atoms with Crippen LogP contribution in [0.3, 0.4) is 0 Å². The number of nitriles is 1. The zero-order chi connectivity index (χ0) is 24.7. The molecule has 2 aromatic heterocycles. The van der Waals surface area contributed by atoms with Crippen LogP contribution in [-0.2, 0) is 12.5 Å². The van der Waals surface area contributed by atoms with Gasteiger partial charge < -0.3 is 9.64 Å². The van der Waals surface area contributed by atoms with Gasteiger partial charge in [0.2, 0.25) is 0 Å². The summed E-state index contributed by atoms with van der Waals surface area (Å²) in [6, 6.07) is 8.72. The quantitative estimate of drug-likeness (QED) is 0.554. The minimum atomic E-state index is -0.723. The first kappa shape index (κ1) is 22.9. The second kappa shape index (κ2) is 8.73. The fourth-order valence-corrected chi connectivity index (χ4v) is 4.44. The minimum Gasteiger partial charge on any atom is -0.487 e. The van der Waals surface area contributed by atoms with Gasteiger partial charge in [-0.1, -0.05) is 0 Å². The number of anilines is 1. The first-order valence-corrected chi connectivity index (χ1v) is 11.5. The van der Waals surface area contributed by atoms with Crippen LogP contribution in [0.15, 0.2) is 35.1 Å². The zero-order valence-electron chi connectivity index (χ0n) is 19.5. The smallest absolute Gasteiger partial charge is 0.266 e. The Hall–Kier alpha value is -3.87. The van der Waals surface area contributed by atoms with Gasteiger partial charge in [-0.25, -0.2) is 23.4 Å². The van der Waals surface area contributed by atoms with Gasteiger partial charge in [0.1, 0.15) is 28.7 Å². The molecule has 2 aliphatic rings. The van der Waals surface area contributed by atoms with Crippen LogP contribution >= 0.6 is 0 Å². The third-order valence-electron chi connectivity index (χ3n) is 6.60. The highest BCUT2D eigenvalue weighted by molar-refractivity contribution is 5.70. The number of ether oxygens (including phenoxy) is 1. The molecule has 0 radical (unpaired) electrons. The fourth-order valence-electron chi connectivity index (χ4n) is 4.44. The lowest BCUT2D eigenvalue weighted by Gasteiger charge is -2.34. The Morgan fingerprint density at radius 2 is 1.89 bits per heavy atom. The van der Waals surface area contributed by atoms with E-state index in [0.29, 0.717) is 54.5 Å². The summed E-state index contributed by atoms with van der Waals surface area (Å²) in [4.78, 5) is 23.7. The highest BCUT2D eigenvalue weighted by Gasteiger charge is 2.48. The van der Waals surface area contributed by atoms with Crippen molar-refractivity contribution in [3.05, 3.63) is 63.7 Å². The third-order valence-corrected chi connectivity index (χ3v) is 6.60. The Morgan fingerprint density at radius 3 is 2.51 bits per heavy atom. The van der Waals surface area contributed by atoms with Crippen molar-refractivity contribution < 1.29 is 13.5 Å². The molecule has 1 aliphatic carbocycles. The fraction of sp³-hybridized carbons (Fsp3) is 0.400.